The van der Waals surface area contributed by atoms with Gasteiger partial charge < -0.3 is 10.8 Å². The molecule has 3 rings (SSSR count). The molecular formula is C11H14N6O. The first-order valence-corrected chi connectivity index (χ1v) is 5.88. The summed E-state index contributed by atoms with van der Waals surface area (Å²) in [4.78, 5) is 8.07. The number of nitrogens with zero attached hydrogens (tertiary/aromatic N) is 5. The van der Waals surface area contributed by atoms with Gasteiger partial charge in [-0.05, 0) is 18.8 Å². The summed E-state index contributed by atoms with van der Waals surface area (Å²) in [5.74, 6) is 0.600. The lowest BCUT2D eigenvalue weighted by atomic mass is 9.92. The number of rotatable bonds is 2. The Kier molecular flexibility index (Phi) is 2.67. The van der Waals surface area contributed by atoms with E-state index in [1.54, 1.807) is 4.68 Å². The molecule has 0 amide bonds. The Labute approximate surface area is 103 Å². The highest BCUT2D eigenvalue weighted by molar-refractivity contribution is 5.80. The van der Waals surface area contributed by atoms with Gasteiger partial charge in [-0.1, -0.05) is 17.4 Å². The van der Waals surface area contributed by atoms with Crippen LogP contribution in [0.4, 0.5) is 5.82 Å². The summed E-state index contributed by atoms with van der Waals surface area (Å²) in [6.07, 6.45) is 7.27. The molecule has 0 bridgehead atoms. The van der Waals surface area contributed by atoms with Gasteiger partial charge in [-0.2, -0.15) is 0 Å². The zero-order chi connectivity index (χ0) is 12.5. The molecular weight excluding hydrogens is 232 g/mol. The molecule has 7 nitrogen and oxygen atoms in total. The van der Waals surface area contributed by atoms with E-state index in [0.717, 1.165) is 12.8 Å². The Hall–Kier alpha value is -2.02. The number of anilines is 1. The molecule has 0 aromatic carbocycles. The molecule has 1 aliphatic rings. The lowest BCUT2D eigenvalue weighted by molar-refractivity contribution is 0.202. The van der Waals surface area contributed by atoms with Gasteiger partial charge in [0.25, 0.3) is 0 Å². The first kappa shape index (κ1) is 11.1. The van der Waals surface area contributed by atoms with Crippen LogP contribution in [-0.4, -0.2) is 36.7 Å². The van der Waals surface area contributed by atoms with Crippen molar-refractivity contribution in [3.8, 4) is 0 Å². The first-order valence-electron chi connectivity index (χ1n) is 5.88. The average molecular weight is 246 g/mol. The molecule has 94 valence electrons. The maximum atomic E-state index is 9.24. The Morgan fingerprint density at radius 2 is 2.33 bits per heavy atom. The maximum Gasteiger partial charge on any atom is 0.184 e. The highest BCUT2D eigenvalue weighted by Crippen LogP contribution is 2.28. The van der Waals surface area contributed by atoms with Crippen molar-refractivity contribution in [3.05, 3.63) is 18.5 Å². The number of aromatic nitrogens is 5. The summed E-state index contributed by atoms with van der Waals surface area (Å²) in [5, 5.41) is 17.3. The van der Waals surface area contributed by atoms with Gasteiger partial charge in [0, 0.05) is 6.61 Å². The number of hydrogen-bond acceptors (Lipinski definition) is 6. The molecule has 0 saturated heterocycles. The zero-order valence-corrected chi connectivity index (χ0v) is 9.77. The third-order valence-corrected chi connectivity index (χ3v) is 3.26. The lowest BCUT2D eigenvalue weighted by Gasteiger charge is -2.23. The molecule has 0 spiro atoms. The number of fused-ring (bicyclic) bond motifs is 1. The molecule has 3 N–H and O–H groups in total. The fourth-order valence-electron chi connectivity index (χ4n) is 2.28. The number of aliphatic hydroxyl groups excluding tert-OH is 1. The summed E-state index contributed by atoms with van der Waals surface area (Å²) in [5.41, 5.74) is 6.89. The van der Waals surface area contributed by atoms with Crippen molar-refractivity contribution in [1.82, 2.24) is 25.0 Å². The summed E-state index contributed by atoms with van der Waals surface area (Å²) < 4.78 is 1.74. The molecule has 0 fully saturated rings. The molecule has 0 saturated carbocycles. The maximum absolute atomic E-state index is 9.24. The van der Waals surface area contributed by atoms with E-state index in [2.05, 4.69) is 32.4 Å². The van der Waals surface area contributed by atoms with Crippen LogP contribution in [0.15, 0.2) is 18.5 Å². The standard InChI is InChI=1S/C11H14N6O/c12-10-9-11(14-6-13-10)17(16-15-9)8-3-1-2-7(4-8)5-18/h1,3,6-8,18H,2,4-5H2,(H2,12,13,14)/t7-,8-/m0/s1. The van der Waals surface area contributed by atoms with Crippen molar-refractivity contribution in [2.75, 3.05) is 12.3 Å². The van der Waals surface area contributed by atoms with E-state index in [1.807, 2.05) is 0 Å². The molecule has 2 heterocycles. The van der Waals surface area contributed by atoms with Crippen LogP contribution in [-0.2, 0) is 0 Å². The van der Waals surface area contributed by atoms with Crippen molar-refractivity contribution in [3.63, 3.8) is 0 Å². The molecule has 7 heteroatoms. The summed E-state index contributed by atoms with van der Waals surface area (Å²) in [6.45, 7) is 0.185. The van der Waals surface area contributed by atoms with Gasteiger partial charge in [0.15, 0.2) is 17.0 Å². The fourth-order valence-corrected chi connectivity index (χ4v) is 2.28. The Bertz CT molecular complexity index is 592. The van der Waals surface area contributed by atoms with E-state index in [-0.39, 0.29) is 18.6 Å². The summed E-state index contributed by atoms with van der Waals surface area (Å²) in [6, 6.07) is 0.0650. The Morgan fingerprint density at radius 1 is 1.44 bits per heavy atom. The van der Waals surface area contributed by atoms with Crippen LogP contribution in [0.1, 0.15) is 18.9 Å². The largest absolute Gasteiger partial charge is 0.396 e. The third kappa shape index (κ3) is 1.72. The van der Waals surface area contributed by atoms with E-state index >= 15 is 0 Å². The minimum Gasteiger partial charge on any atom is -0.396 e. The van der Waals surface area contributed by atoms with Crippen LogP contribution in [0.25, 0.3) is 11.2 Å². The summed E-state index contributed by atoms with van der Waals surface area (Å²) >= 11 is 0. The normalized spacial score (nSPS) is 23.6. The summed E-state index contributed by atoms with van der Waals surface area (Å²) in [7, 11) is 0. The van der Waals surface area contributed by atoms with Crippen molar-refractivity contribution in [1.29, 1.82) is 0 Å². The molecule has 2 aromatic heterocycles. The van der Waals surface area contributed by atoms with Gasteiger partial charge in [0.05, 0.1) is 6.04 Å². The highest BCUT2D eigenvalue weighted by Gasteiger charge is 2.22. The van der Waals surface area contributed by atoms with Crippen molar-refractivity contribution < 1.29 is 5.11 Å². The molecule has 0 aliphatic heterocycles. The van der Waals surface area contributed by atoms with Crippen LogP contribution in [0.5, 0.6) is 0 Å². The second kappa shape index (κ2) is 4.34. The van der Waals surface area contributed by atoms with E-state index in [9.17, 15) is 5.11 Å². The van der Waals surface area contributed by atoms with Crippen LogP contribution in [0, 0.1) is 5.92 Å². The minimum absolute atomic E-state index is 0.0650. The van der Waals surface area contributed by atoms with Crippen LogP contribution < -0.4 is 5.73 Å². The van der Waals surface area contributed by atoms with Gasteiger partial charge >= 0.3 is 0 Å². The van der Waals surface area contributed by atoms with E-state index in [0.29, 0.717) is 17.0 Å². The zero-order valence-electron chi connectivity index (χ0n) is 9.77. The number of aliphatic hydroxyl groups is 1. The van der Waals surface area contributed by atoms with E-state index in [1.165, 1.54) is 6.33 Å². The molecule has 2 atom stereocenters. The van der Waals surface area contributed by atoms with Crippen molar-refractivity contribution in [2.24, 2.45) is 5.92 Å². The highest BCUT2D eigenvalue weighted by atomic mass is 16.3. The average Bonchev–Trinajstić information content (AvgIpc) is 2.84. The third-order valence-electron chi connectivity index (χ3n) is 3.26. The Balaban J connectivity index is 2.02. The van der Waals surface area contributed by atoms with Crippen LogP contribution in [0.2, 0.25) is 0 Å². The van der Waals surface area contributed by atoms with Crippen molar-refractivity contribution in [2.45, 2.75) is 18.9 Å². The van der Waals surface area contributed by atoms with Gasteiger partial charge in [0.1, 0.15) is 6.33 Å². The first-order chi connectivity index (χ1) is 8.79. The minimum atomic E-state index is 0.0650. The van der Waals surface area contributed by atoms with Gasteiger partial charge in [-0.15, -0.1) is 5.10 Å². The number of allylic oxidation sites excluding steroid dienone is 2. The lowest BCUT2D eigenvalue weighted by Crippen LogP contribution is -2.19. The number of nitrogen functional groups attached to an aromatic ring is 1. The Morgan fingerprint density at radius 3 is 3.17 bits per heavy atom. The van der Waals surface area contributed by atoms with Crippen LogP contribution in [0.3, 0.4) is 0 Å². The molecule has 1 aliphatic carbocycles. The van der Waals surface area contributed by atoms with E-state index < -0.39 is 0 Å². The van der Waals surface area contributed by atoms with Gasteiger partial charge in [0.2, 0.25) is 0 Å². The number of nitrogens with two attached hydrogens (primary N) is 1. The molecule has 18 heavy (non-hydrogen) atoms. The van der Waals surface area contributed by atoms with Crippen molar-refractivity contribution >= 4 is 17.0 Å². The monoisotopic (exact) mass is 246 g/mol. The van der Waals surface area contributed by atoms with Gasteiger partial charge in [-0.3, -0.25) is 0 Å². The van der Waals surface area contributed by atoms with Gasteiger partial charge in [-0.25, -0.2) is 14.6 Å². The predicted molar refractivity (Wildman–Crippen MR) is 65.5 cm³/mol. The molecule has 0 radical (unpaired) electrons. The topological polar surface area (TPSA) is 103 Å². The number of hydrogen-bond donors (Lipinski definition) is 2. The smallest absolute Gasteiger partial charge is 0.184 e. The predicted octanol–water partition coefficient (Wildman–Crippen LogP) is 0.303. The second-order valence-corrected chi connectivity index (χ2v) is 4.48. The quantitative estimate of drug-likeness (QED) is 0.739. The molecule has 2 aromatic rings. The van der Waals surface area contributed by atoms with Crippen LogP contribution >= 0.6 is 0 Å². The molecule has 0 unspecified atom stereocenters. The van der Waals surface area contributed by atoms with E-state index in [4.69, 9.17) is 5.73 Å². The fraction of sp³-hybridized carbons (Fsp3) is 0.455. The SMILES string of the molecule is Nc1ncnc2c1nnn2[C@H]1C=CC[C@H](CO)C1. The second-order valence-electron chi connectivity index (χ2n) is 4.48.